The number of amides is 1. The van der Waals surface area contributed by atoms with E-state index in [9.17, 15) is 14.7 Å². The Hall–Kier alpha value is -2.08. The summed E-state index contributed by atoms with van der Waals surface area (Å²) in [6.07, 6.45) is 1.90. The number of carbonyl (C=O) groups excluding carboxylic acids is 2. The molecule has 2 heterocycles. The normalized spacial score (nSPS) is 38.4. The molecule has 1 amide bonds. The van der Waals surface area contributed by atoms with Crippen LogP contribution in [0, 0.1) is 0 Å². The molecular weight excluding hydrogens is 310 g/mol. The number of rotatable bonds is 2. The molecule has 1 aromatic rings. The highest BCUT2D eigenvalue weighted by molar-refractivity contribution is 5.90. The van der Waals surface area contributed by atoms with E-state index in [-0.39, 0.29) is 18.2 Å². The number of carbonyl (C=O) groups is 2. The molecular formula is C18H19NO5. The lowest BCUT2D eigenvalue weighted by Crippen LogP contribution is -2.76. The quantitative estimate of drug-likeness (QED) is 0.803. The van der Waals surface area contributed by atoms with Crippen molar-refractivity contribution < 1.29 is 24.2 Å². The fourth-order valence-corrected chi connectivity index (χ4v) is 5.64. The highest BCUT2D eigenvalue weighted by Crippen LogP contribution is 2.64. The fraction of sp³-hybridized carbons (Fsp3) is 0.556. The van der Waals surface area contributed by atoms with E-state index < -0.39 is 17.1 Å². The number of benzene rings is 1. The van der Waals surface area contributed by atoms with E-state index in [1.54, 1.807) is 12.0 Å². The van der Waals surface area contributed by atoms with Gasteiger partial charge in [-0.25, -0.2) is 0 Å². The first-order valence-electron chi connectivity index (χ1n) is 8.40. The van der Waals surface area contributed by atoms with Gasteiger partial charge in [0, 0.05) is 18.5 Å². The van der Waals surface area contributed by atoms with Crippen molar-refractivity contribution >= 4 is 12.2 Å². The molecule has 0 unspecified atom stereocenters. The summed E-state index contributed by atoms with van der Waals surface area (Å²) in [5, 5.41) is 11.7. The Kier molecular flexibility index (Phi) is 2.56. The van der Waals surface area contributed by atoms with Crippen LogP contribution in [0.25, 0.3) is 0 Å². The molecule has 0 radical (unpaired) electrons. The Balaban J connectivity index is 1.84. The zero-order valence-corrected chi connectivity index (χ0v) is 13.4. The second-order valence-electron chi connectivity index (χ2n) is 7.30. The number of Topliss-reactive ketones (excluding diaryl/α,β-unsaturated/α-hetero) is 1. The van der Waals surface area contributed by atoms with E-state index in [2.05, 4.69) is 0 Å². The highest BCUT2D eigenvalue weighted by atomic mass is 16.5. The summed E-state index contributed by atoms with van der Waals surface area (Å²) >= 11 is 0. The number of hydrogen-bond donors (Lipinski definition) is 1. The molecule has 1 N–H and O–H groups in total. The monoisotopic (exact) mass is 329 g/mol. The number of piperidine rings is 1. The summed E-state index contributed by atoms with van der Waals surface area (Å²) in [6.45, 7) is 0.527. The summed E-state index contributed by atoms with van der Waals surface area (Å²) in [4.78, 5) is 25.9. The van der Waals surface area contributed by atoms with Crippen LogP contribution in [0.15, 0.2) is 12.1 Å². The summed E-state index contributed by atoms with van der Waals surface area (Å²) in [6, 6.07) is 3.51. The van der Waals surface area contributed by atoms with Crippen LogP contribution in [0.5, 0.6) is 11.5 Å². The van der Waals surface area contributed by atoms with Crippen LogP contribution in [0.3, 0.4) is 0 Å². The third kappa shape index (κ3) is 1.30. The molecule has 24 heavy (non-hydrogen) atoms. The van der Waals surface area contributed by atoms with Crippen molar-refractivity contribution in [1.82, 2.24) is 4.90 Å². The fourth-order valence-electron chi connectivity index (χ4n) is 5.64. The minimum absolute atomic E-state index is 0.0316. The molecule has 2 bridgehead atoms. The maximum Gasteiger partial charge on any atom is 0.210 e. The molecule has 2 fully saturated rings. The lowest BCUT2D eigenvalue weighted by molar-refractivity contribution is -0.188. The van der Waals surface area contributed by atoms with E-state index in [1.165, 1.54) is 0 Å². The number of methoxy groups -OCH3 is 1. The Morgan fingerprint density at radius 3 is 3.00 bits per heavy atom. The van der Waals surface area contributed by atoms with Crippen molar-refractivity contribution in [3.8, 4) is 11.5 Å². The first kappa shape index (κ1) is 14.3. The average Bonchev–Trinajstić information content (AvgIpc) is 2.93. The van der Waals surface area contributed by atoms with Crippen LogP contribution in [-0.2, 0) is 21.4 Å². The maximum absolute atomic E-state index is 12.7. The first-order chi connectivity index (χ1) is 11.6. The predicted octanol–water partition coefficient (Wildman–Crippen LogP) is 0.575. The van der Waals surface area contributed by atoms with Crippen LogP contribution in [0.4, 0.5) is 0 Å². The molecule has 2 aliphatic heterocycles. The molecule has 0 aromatic heterocycles. The third-order valence-electron chi connectivity index (χ3n) is 6.64. The number of likely N-dealkylation sites (tertiary alicyclic amines) is 1. The molecule has 1 spiro atoms. The van der Waals surface area contributed by atoms with Gasteiger partial charge in [-0.3, -0.25) is 9.59 Å². The molecule has 2 aliphatic carbocycles. The van der Waals surface area contributed by atoms with Gasteiger partial charge in [-0.1, -0.05) is 6.07 Å². The Labute approximate surface area is 139 Å². The molecule has 4 atom stereocenters. The van der Waals surface area contributed by atoms with Crippen molar-refractivity contribution in [2.75, 3.05) is 13.7 Å². The number of ketones is 1. The molecule has 1 aromatic carbocycles. The topological polar surface area (TPSA) is 76.1 Å². The van der Waals surface area contributed by atoms with Gasteiger partial charge in [0.1, 0.15) is 0 Å². The minimum Gasteiger partial charge on any atom is -0.493 e. The summed E-state index contributed by atoms with van der Waals surface area (Å²) < 4.78 is 11.5. The lowest BCUT2D eigenvalue weighted by Gasteiger charge is -2.61. The van der Waals surface area contributed by atoms with Crippen molar-refractivity contribution in [3.63, 3.8) is 0 Å². The maximum atomic E-state index is 12.7. The van der Waals surface area contributed by atoms with E-state index in [0.717, 1.165) is 17.5 Å². The zero-order valence-electron chi connectivity index (χ0n) is 13.4. The van der Waals surface area contributed by atoms with E-state index in [1.807, 2.05) is 12.1 Å². The van der Waals surface area contributed by atoms with Gasteiger partial charge < -0.3 is 19.5 Å². The minimum atomic E-state index is -1.13. The van der Waals surface area contributed by atoms with Crippen LogP contribution in [0.1, 0.15) is 30.4 Å². The molecule has 4 aliphatic rings. The van der Waals surface area contributed by atoms with Gasteiger partial charge in [0.25, 0.3) is 0 Å². The van der Waals surface area contributed by atoms with Gasteiger partial charge in [-0.15, -0.1) is 0 Å². The molecule has 6 nitrogen and oxygen atoms in total. The van der Waals surface area contributed by atoms with Gasteiger partial charge in [-0.05, 0) is 30.9 Å². The number of ether oxygens (including phenoxy) is 2. The second kappa shape index (κ2) is 4.30. The average molecular weight is 329 g/mol. The Morgan fingerprint density at radius 2 is 2.25 bits per heavy atom. The summed E-state index contributed by atoms with van der Waals surface area (Å²) in [7, 11) is 1.58. The van der Waals surface area contributed by atoms with Crippen molar-refractivity contribution in [2.24, 2.45) is 0 Å². The standard InChI is InChI=1S/C18H19NO5/c1-23-12-3-2-10-8-13-18(22)5-4-11(21)16-17(18,6-7-19(13)9-20)14(10)15(12)24-16/h2-3,9,13,16,22H,4-8H2,1H3/t13-,16+,17+,18-/m1/s1. The van der Waals surface area contributed by atoms with Crippen LogP contribution in [-0.4, -0.2) is 53.6 Å². The van der Waals surface area contributed by atoms with E-state index >= 15 is 0 Å². The van der Waals surface area contributed by atoms with Gasteiger partial charge >= 0.3 is 0 Å². The lowest BCUT2D eigenvalue weighted by atomic mass is 9.49. The molecule has 6 heteroatoms. The van der Waals surface area contributed by atoms with Crippen LogP contribution < -0.4 is 9.47 Å². The van der Waals surface area contributed by atoms with E-state index in [4.69, 9.17) is 9.47 Å². The predicted molar refractivity (Wildman–Crippen MR) is 83.2 cm³/mol. The summed E-state index contributed by atoms with van der Waals surface area (Å²) in [5.41, 5.74) is 0.0905. The summed E-state index contributed by atoms with van der Waals surface area (Å²) in [5.74, 6) is 1.24. The van der Waals surface area contributed by atoms with Crippen LogP contribution in [0.2, 0.25) is 0 Å². The molecule has 1 saturated heterocycles. The van der Waals surface area contributed by atoms with Gasteiger partial charge in [0.15, 0.2) is 23.4 Å². The number of hydrogen-bond acceptors (Lipinski definition) is 5. The zero-order chi connectivity index (χ0) is 16.7. The molecule has 1 saturated carbocycles. The van der Waals surface area contributed by atoms with Crippen molar-refractivity contribution in [1.29, 1.82) is 0 Å². The Bertz CT molecular complexity index is 777. The van der Waals surface area contributed by atoms with E-state index in [0.29, 0.717) is 37.3 Å². The molecule has 5 rings (SSSR count). The molecule has 126 valence electrons. The third-order valence-corrected chi connectivity index (χ3v) is 6.64. The van der Waals surface area contributed by atoms with Gasteiger partial charge in [0.2, 0.25) is 6.41 Å². The first-order valence-corrected chi connectivity index (χ1v) is 8.40. The number of nitrogens with zero attached hydrogens (tertiary/aromatic N) is 1. The van der Waals surface area contributed by atoms with Gasteiger partial charge in [0.05, 0.1) is 24.2 Å². The largest absolute Gasteiger partial charge is 0.493 e. The number of aliphatic hydroxyl groups is 1. The van der Waals surface area contributed by atoms with Gasteiger partial charge in [-0.2, -0.15) is 0 Å². The Morgan fingerprint density at radius 1 is 1.42 bits per heavy atom. The smallest absolute Gasteiger partial charge is 0.210 e. The van der Waals surface area contributed by atoms with Crippen molar-refractivity contribution in [2.45, 2.75) is 48.8 Å². The highest BCUT2D eigenvalue weighted by Gasteiger charge is 2.73. The van der Waals surface area contributed by atoms with Crippen LogP contribution >= 0.6 is 0 Å². The SMILES string of the molecule is COc1ccc2c3c1O[C@H]1C(=O)CC[C@@]4(O)[C@@H](C2)N(C=O)CC[C@]314. The second-order valence-corrected chi connectivity index (χ2v) is 7.30. The van der Waals surface area contributed by atoms with Crippen molar-refractivity contribution in [3.05, 3.63) is 23.3 Å².